The second-order valence-electron chi connectivity index (χ2n) is 4.05. The van der Waals surface area contributed by atoms with E-state index in [1.54, 1.807) is 24.3 Å². The molecule has 0 saturated carbocycles. The van der Waals surface area contributed by atoms with Gasteiger partial charge in [-0.1, -0.05) is 12.1 Å². The van der Waals surface area contributed by atoms with Crippen LogP contribution in [-0.4, -0.2) is 24.5 Å². The van der Waals surface area contributed by atoms with Crippen molar-refractivity contribution in [3.63, 3.8) is 0 Å². The highest BCUT2D eigenvalue weighted by molar-refractivity contribution is 9.10. The van der Waals surface area contributed by atoms with Crippen LogP contribution in [0.25, 0.3) is 0 Å². The number of furan rings is 1. The molecular formula is C14H14BrNO3. The van der Waals surface area contributed by atoms with Crippen molar-refractivity contribution in [2.45, 2.75) is 6.54 Å². The van der Waals surface area contributed by atoms with Gasteiger partial charge in [-0.05, 0) is 40.2 Å². The molecule has 1 heterocycles. The first kappa shape index (κ1) is 13.7. The highest BCUT2D eigenvalue weighted by atomic mass is 79.9. The van der Waals surface area contributed by atoms with E-state index in [1.807, 2.05) is 30.3 Å². The molecule has 0 atom stereocenters. The van der Waals surface area contributed by atoms with E-state index >= 15 is 0 Å². The van der Waals surface area contributed by atoms with Gasteiger partial charge in [0, 0.05) is 7.05 Å². The molecule has 2 aromatic rings. The normalized spacial score (nSPS) is 10.2. The number of nitrogens with zero attached hydrogens (tertiary/aromatic N) is 1. The Hall–Kier alpha value is -1.75. The molecule has 0 saturated heterocycles. The first-order valence-corrected chi connectivity index (χ1v) is 6.60. The maximum atomic E-state index is 11.9. The number of hydrogen-bond acceptors (Lipinski definition) is 3. The molecular weight excluding hydrogens is 310 g/mol. The molecule has 2 rings (SSSR count). The number of carbonyl (C=O) groups excluding carboxylic acids is 1. The molecule has 0 N–H and O–H groups in total. The molecule has 4 nitrogen and oxygen atoms in total. The number of para-hydroxylation sites is 1. The van der Waals surface area contributed by atoms with Crippen molar-refractivity contribution in [1.82, 2.24) is 4.90 Å². The van der Waals surface area contributed by atoms with Gasteiger partial charge in [-0.25, -0.2) is 0 Å². The first-order chi connectivity index (χ1) is 9.16. The fourth-order valence-electron chi connectivity index (χ4n) is 1.54. The first-order valence-electron chi connectivity index (χ1n) is 5.80. The van der Waals surface area contributed by atoms with Gasteiger partial charge < -0.3 is 14.1 Å². The summed E-state index contributed by atoms with van der Waals surface area (Å²) in [5.74, 6) is 1.30. The molecule has 100 valence electrons. The lowest BCUT2D eigenvalue weighted by atomic mass is 10.3. The van der Waals surface area contributed by atoms with Crippen molar-refractivity contribution < 1.29 is 13.9 Å². The fourth-order valence-corrected chi connectivity index (χ4v) is 1.94. The number of benzene rings is 1. The predicted octanol–water partition coefficient (Wildman–Crippen LogP) is 3.08. The number of likely N-dealkylation sites (N-methyl/N-ethyl adjacent to an activating group) is 1. The smallest absolute Gasteiger partial charge is 0.260 e. The van der Waals surface area contributed by atoms with Crippen LogP contribution in [0, 0.1) is 0 Å². The Balaban J connectivity index is 1.86. The number of rotatable bonds is 5. The van der Waals surface area contributed by atoms with Gasteiger partial charge in [0.15, 0.2) is 6.61 Å². The van der Waals surface area contributed by atoms with Crippen LogP contribution < -0.4 is 4.74 Å². The van der Waals surface area contributed by atoms with Crippen LogP contribution in [-0.2, 0) is 11.3 Å². The summed E-state index contributed by atoms with van der Waals surface area (Å²) in [6.07, 6.45) is 1.59. The van der Waals surface area contributed by atoms with Crippen LogP contribution in [0.2, 0.25) is 0 Å². The third-order valence-electron chi connectivity index (χ3n) is 2.59. The average Bonchev–Trinajstić information content (AvgIpc) is 2.90. The van der Waals surface area contributed by atoms with Gasteiger partial charge in [-0.3, -0.25) is 4.79 Å². The Morgan fingerprint density at radius 2 is 2.11 bits per heavy atom. The molecule has 0 fully saturated rings. The largest absolute Gasteiger partial charge is 0.483 e. The maximum absolute atomic E-state index is 11.9. The minimum atomic E-state index is -0.104. The van der Waals surface area contributed by atoms with E-state index in [9.17, 15) is 4.79 Å². The van der Waals surface area contributed by atoms with Gasteiger partial charge in [0.05, 0.1) is 17.3 Å². The van der Waals surface area contributed by atoms with E-state index in [2.05, 4.69) is 15.9 Å². The maximum Gasteiger partial charge on any atom is 0.260 e. The number of hydrogen-bond donors (Lipinski definition) is 0. The van der Waals surface area contributed by atoms with E-state index in [1.165, 1.54) is 0 Å². The van der Waals surface area contributed by atoms with Gasteiger partial charge in [-0.15, -0.1) is 0 Å². The van der Waals surface area contributed by atoms with E-state index < -0.39 is 0 Å². The summed E-state index contributed by atoms with van der Waals surface area (Å²) in [4.78, 5) is 13.5. The van der Waals surface area contributed by atoms with Crippen LogP contribution in [0.3, 0.4) is 0 Å². The summed E-state index contributed by atoms with van der Waals surface area (Å²) in [7, 11) is 1.72. The molecule has 1 aromatic heterocycles. The monoisotopic (exact) mass is 323 g/mol. The second kappa shape index (κ2) is 6.43. The Morgan fingerprint density at radius 1 is 1.32 bits per heavy atom. The molecule has 1 amide bonds. The third-order valence-corrected chi connectivity index (χ3v) is 3.24. The molecule has 0 spiro atoms. The van der Waals surface area contributed by atoms with E-state index in [0.717, 1.165) is 10.2 Å². The lowest BCUT2D eigenvalue weighted by Crippen LogP contribution is -2.30. The quantitative estimate of drug-likeness (QED) is 0.849. The summed E-state index contributed by atoms with van der Waals surface area (Å²) in [6.45, 7) is 0.435. The molecule has 0 aliphatic rings. The zero-order valence-corrected chi connectivity index (χ0v) is 12.1. The predicted molar refractivity (Wildman–Crippen MR) is 74.8 cm³/mol. The molecule has 0 radical (unpaired) electrons. The van der Waals surface area contributed by atoms with E-state index in [4.69, 9.17) is 9.15 Å². The summed E-state index contributed by atoms with van der Waals surface area (Å²) in [5, 5.41) is 0. The number of carbonyl (C=O) groups is 1. The van der Waals surface area contributed by atoms with E-state index in [0.29, 0.717) is 12.3 Å². The summed E-state index contributed by atoms with van der Waals surface area (Å²) in [6, 6.07) is 11.1. The van der Waals surface area contributed by atoms with Gasteiger partial charge in [0.1, 0.15) is 11.5 Å². The minimum Gasteiger partial charge on any atom is -0.483 e. The number of amides is 1. The summed E-state index contributed by atoms with van der Waals surface area (Å²) in [5.41, 5.74) is 0. The lowest BCUT2D eigenvalue weighted by molar-refractivity contribution is -0.132. The van der Waals surface area contributed by atoms with Crippen LogP contribution in [0.4, 0.5) is 0 Å². The van der Waals surface area contributed by atoms with Crippen LogP contribution >= 0.6 is 15.9 Å². The molecule has 1 aromatic carbocycles. The highest BCUT2D eigenvalue weighted by Crippen LogP contribution is 2.23. The third kappa shape index (κ3) is 3.86. The van der Waals surface area contributed by atoms with Gasteiger partial charge in [-0.2, -0.15) is 0 Å². The molecule has 5 heteroatoms. The number of halogens is 1. The fraction of sp³-hybridized carbons (Fsp3) is 0.214. The van der Waals surface area contributed by atoms with Crippen molar-refractivity contribution in [3.8, 4) is 5.75 Å². The average molecular weight is 324 g/mol. The summed E-state index contributed by atoms with van der Waals surface area (Å²) < 4.78 is 11.5. The van der Waals surface area contributed by atoms with Crippen molar-refractivity contribution in [2.75, 3.05) is 13.7 Å². The van der Waals surface area contributed by atoms with E-state index in [-0.39, 0.29) is 12.5 Å². The van der Waals surface area contributed by atoms with Crippen LogP contribution in [0.5, 0.6) is 5.75 Å². The number of ether oxygens (including phenoxy) is 1. The van der Waals surface area contributed by atoms with Crippen LogP contribution in [0.1, 0.15) is 5.76 Å². The Bertz CT molecular complexity index is 539. The standard InChI is InChI=1S/C14H14BrNO3/c1-16(9-11-5-4-8-18-11)14(17)10-19-13-7-3-2-6-12(13)15/h2-8H,9-10H2,1H3. The van der Waals surface area contributed by atoms with Crippen molar-refractivity contribution >= 4 is 21.8 Å². The second-order valence-corrected chi connectivity index (χ2v) is 4.90. The zero-order valence-electron chi connectivity index (χ0n) is 10.5. The molecule has 0 bridgehead atoms. The SMILES string of the molecule is CN(Cc1ccco1)C(=O)COc1ccccc1Br. The molecule has 0 aliphatic carbocycles. The lowest BCUT2D eigenvalue weighted by Gasteiger charge is -2.16. The van der Waals surface area contributed by atoms with Crippen LogP contribution in [0.15, 0.2) is 51.6 Å². The Morgan fingerprint density at radius 3 is 2.79 bits per heavy atom. The topological polar surface area (TPSA) is 42.7 Å². The molecule has 19 heavy (non-hydrogen) atoms. The van der Waals surface area contributed by atoms with Crippen molar-refractivity contribution in [1.29, 1.82) is 0 Å². The Labute approximate surface area is 120 Å². The zero-order chi connectivity index (χ0) is 13.7. The van der Waals surface area contributed by atoms with Crippen molar-refractivity contribution in [3.05, 3.63) is 52.9 Å². The van der Waals surface area contributed by atoms with Gasteiger partial charge >= 0.3 is 0 Å². The van der Waals surface area contributed by atoms with Gasteiger partial charge in [0.2, 0.25) is 0 Å². The summed E-state index contributed by atoms with van der Waals surface area (Å²) >= 11 is 3.37. The Kier molecular flexibility index (Phi) is 4.63. The molecule has 0 aliphatic heterocycles. The van der Waals surface area contributed by atoms with Gasteiger partial charge in [0.25, 0.3) is 5.91 Å². The molecule has 0 unspecified atom stereocenters. The van der Waals surface area contributed by atoms with Crippen molar-refractivity contribution in [2.24, 2.45) is 0 Å². The minimum absolute atomic E-state index is 0.000177. The highest BCUT2D eigenvalue weighted by Gasteiger charge is 2.12.